The lowest BCUT2D eigenvalue weighted by molar-refractivity contribution is -0.140. The number of nitrogens with zero attached hydrogens (tertiary/aromatic N) is 2. The van der Waals surface area contributed by atoms with Gasteiger partial charge in [-0.05, 0) is 0 Å². The fraction of sp³-hybridized carbons (Fsp3) is 0.500. The molecule has 0 amide bonds. The zero-order valence-corrected chi connectivity index (χ0v) is 6.22. The summed E-state index contributed by atoms with van der Waals surface area (Å²) in [6.07, 6.45) is 0.174. The first-order chi connectivity index (χ1) is 4.20. The molecule has 0 fully saturated rings. The summed E-state index contributed by atoms with van der Waals surface area (Å²) in [7, 11) is 1.60. The molecular formula is C4H8ClN3O2. The second-order valence-electron chi connectivity index (χ2n) is 1.76. The normalized spacial score (nSPS) is 15.4. The van der Waals surface area contributed by atoms with Crippen molar-refractivity contribution in [2.24, 2.45) is 11.0 Å². The van der Waals surface area contributed by atoms with Crippen LogP contribution in [0.15, 0.2) is 5.16 Å². The highest BCUT2D eigenvalue weighted by atomic mass is 35.5. The van der Waals surface area contributed by atoms with Crippen LogP contribution in [0.2, 0.25) is 0 Å². The molecule has 1 rings (SSSR count). The van der Waals surface area contributed by atoms with Crippen LogP contribution in [-0.4, -0.2) is 23.9 Å². The van der Waals surface area contributed by atoms with Gasteiger partial charge >= 0.3 is 5.97 Å². The molecule has 0 radical (unpaired) electrons. The van der Waals surface area contributed by atoms with Crippen LogP contribution in [0.25, 0.3) is 0 Å². The maximum Gasteiger partial charge on any atom is 0.342 e. The Morgan fingerprint density at radius 1 is 1.80 bits per heavy atom. The summed E-state index contributed by atoms with van der Waals surface area (Å²) in [5, 5.41) is 4.64. The molecule has 1 aliphatic heterocycles. The van der Waals surface area contributed by atoms with Crippen molar-refractivity contribution in [2.75, 3.05) is 7.05 Å². The number of oxime groups is 1. The van der Waals surface area contributed by atoms with E-state index in [-0.39, 0.29) is 24.8 Å². The van der Waals surface area contributed by atoms with Crippen LogP contribution in [0, 0.1) is 0 Å². The molecule has 10 heavy (non-hydrogen) atoms. The van der Waals surface area contributed by atoms with Crippen molar-refractivity contribution >= 4 is 24.2 Å². The Labute approximate surface area is 64.2 Å². The van der Waals surface area contributed by atoms with Crippen LogP contribution in [0.4, 0.5) is 0 Å². The molecular weight excluding hydrogens is 158 g/mol. The molecule has 0 aliphatic carbocycles. The van der Waals surface area contributed by atoms with Crippen LogP contribution < -0.4 is 5.84 Å². The molecule has 0 spiro atoms. The minimum absolute atomic E-state index is 0. The Morgan fingerprint density at radius 3 is 2.60 bits per heavy atom. The quantitative estimate of drug-likeness (QED) is 0.298. The topological polar surface area (TPSA) is 67.9 Å². The molecule has 0 atom stereocenters. The van der Waals surface area contributed by atoms with Gasteiger partial charge in [0.25, 0.3) is 0 Å². The fourth-order valence-electron chi connectivity index (χ4n) is 0.486. The Hall–Kier alpha value is -0.810. The monoisotopic (exact) mass is 165 g/mol. The molecule has 1 heterocycles. The number of hydrazine groups is 1. The van der Waals surface area contributed by atoms with Crippen molar-refractivity contribution in [1.82, 2.24) is 5.01 Å². The molecule has 2 N–H and O–H groups in total. The van der Waals surface area contributed by atoms with Gasteiger partial charge in [-0.25, -0.2) is 10.6 Å². The largest absolute Gasteiger partial charge is 0.342 e. The molecule has 0 unspecified atom stereocenters. The number of carbonyl (C=O) groups excluding carboxylic acids is 1. The van der Waals surface area contributed by atoms with E-state index in [0.29, 0.717) is 5.84 Å². The first-order valence-corrected chi connectivity index (χ1v) is 2.45. The third-order valence-corrected chi connectivity index (χ3v) is 0.962. The van der Waals surface area contributed by atoms with Gasteiger partial charge in [0.15, 0.2) is 5.84 Å². The maximum absolute atomic E-state index is 10.3. The number of hydrogen-bond donors (Lipinski definition) is 1. The SMILES string of the molecule is CN(N)C1=NOC(=O)C1.Cl. The lowest BCUT2D eigenvalue weighted by atomic mass is 10.4. The predicted octanol–water partition coefficient (Wildman–Crippen LogP) is -0.526. The lowest BCUT2D eigenvalue weighted by Gasteiger charge is -2.06. The molecule has 0 aromatic carbocycles. The van der Waals surface area contributed by atoms with E-state index < -0.39 is 0 Å². The average molecular weight is 166 g/mol. The molecule has 1 aliphatic rings. The van der Waals surface area contributed by atoms with Crippen LogP contribution in [0.3, 0.4) is 0 Å². The van der Waals surface area contributed by atoms with Crippen molar-refractivity contribution in [3.05, 3.63) is 0 Å². The number of amidine groups is 1. The Kier molecular flexibility index (Phi) is 3.11. The zero-order chi connectivity index (χ0) is 6.85. The standard InChI is InChI=1S/C4H7N3O2.ClH/c1-7(5)3-2-4(8)9-6-3;/h2,5H2,1H3;1H. The fourth-order valence-corrected chi connectivity index (χ4v) is 0.486. The summed E-state index contributed by atoms with van der Waals surface area (Å²) >= 11 is 0. The second kappa shape index (κ2) is 3.38. The van der Waals surface area contributed by atoms with Crippen LogP contribution in [-0.2, 0) is 9.63 Å². The van der Waals surface area contributed by atoms with Crippen molar-refractivity contribution in [3.8, 4) is 0 Å². The predicted molar refractivity (Wildman–Crippen MR) is 37.3 cm³/mol. The minimum Gasteiger partial charge on any atom is -0.316 e. The van der Waals surface area contributed by atoms with Crippen molar-refractivity contribution < 1.29 is 9.63 Å². The van der Waals surface area contributed by atoms with Crippen molar-refractivity contribution in [1.29, 1.82) is 0 Å². The summed E-state index contributed by atoms with van der Waals surface area (Å²) < 4.78 is 0. The van der Waals surface area contributed by atoms with E-state index in [9.17, 15) is 4.79 Å². The average Bonchev–Trinajstić information content (AvgIpc) is 2.14. The summed E-state index contributed by atoms with van der Waals surface area (Å²) in [6.45, 7) is 0. The number of halogens is 1. The van der Waals surface area contributed by atoms with Crippen LogP contribution in [0.5, 0.6) is 0 Å². The number of rotatable bonds is 0. The van der Waals surface area contributed by atoms with Gasteiger partial charge in [0.05, 0.1) is 0 Å². The van der Waals surface area contributed by atoms with Gasteiger partial charge < -0.3 is 4.84 Å². The highest BCUT2D eigenvalue weighted by Gasteiger charge is 2.18. The van der Waals surface area contributed by atoms with E-state index in [0.717, 1.165) is 0 Å². The van der Waals surface area contributed by atoms with E-state index in [2.05, 4.69) is 9.99 Å². The molecule has 0 aromatic heterocycles. The van der Waals surface area contributed by atoms with Gasteiger partial charge in [0.2, 0.25) is 0 Å². The van der Waals surface area contributed by atoms with Crippen molar-refractivity contribution in [2.45, 2.75) is 6.42 Å². The van der Waals surface area contributed by atoms with E-state index >= 15 is 0 Å². The van der Waals surface area contributed by atoms with E-state index in [4.69, 9.17) is 5.84 Å². The summed E-state index contributed by atoms with van der Waals surface area (Å²) in [5.41, 5.74) is 0. The molecule has 58 valence electrons. The third-order valence-electron chi connectivity index (χ3n) is 0.962. The molecule has 6 heteroatoms. The van der Waals surface area contributed by atoms with E-state index in [1.165, 1.54) is 5.01 Å². The highest BCUT2D eigenvalue weighted by Crippen LogP contribution is 2.01. The smallest absolute Gasteiger partial charge is 0.316 e. The summed E-state index contributed by atoms with van der Waals surface area (Å²) in [4.78, 5) is 14.6. The van der Waals surface area contributed by atoms with Crippen LogP contribution in [0.1, 0.15) is 6.42 Å². The summed E-state index contributed by atoms with van der Waals surface area (Å²) in [6, 6.07) is 0. The van der Waals surface area contributed by atoms with Gasteiger partial charge in [-0.3, -0.25) is 5.01 Å². The second-order valence-corrected chi connectivity index (χ2v) is 1.76. The summed E-state index contributed by atoms with van der Waals surface area (Å²) in [5.74, 6) is 5.33. The molecule has 0 saturated heterocycles. The third kappa shape index (κ3) is 1.85. The van der Waals surface area contributed by atoms with E-state index in [1.807, 2.05) is 0 Å². The van der Waals surface area contributed by atoms with Gasteiger partial charge in [0.1, 0.15) is 6.42 Å². The van der Waals surface area contributed by atoms with Gasteiger partial charge in [-0.2, -0.15) is 0 Å². The molecule has 5 nitrogen and oxygen atoms in total. The molecule has 0 aromatic rings. The Morgan fingerprint density at radius 2 is 2.40 bits per heavy atom. The van der Waals surface area contributed by atoms with Gasteiger partial charge in [-0.15, -0.1) is 12.4 Å². The number of nitrogens with two attached hydrogens (primary N) is 1. The minimum atomic E-state index is -0.359. The molecule has 0 bridgehead atoms. The molecule has 0 saturated carbocycles. The Balaban J connectivity index is 0.000000810. The lowest BCUT2D eigenvalue weighted by Crippen LogP contribution is -2.32. The van der Waals surface area contributed by atoms with E-state index in [1.54, 1.807) is 7.05 Å². The van der Waals surface area contributed by atoms with Crippen LogP contribution >= 0.6 is 12.4 Å². The van der Waals surface area contributed by atoms with Crippen molar-refractivity contribution in [3.63, 3.8) is 0 Å². The number of carbonyl (C=O) groups is 1. The first kappa shape index (κ1) is 9.19. The van der Waals surface area contributed by atoms with Gasteiger partial charge in [-0.1, -0.05) is 5.16 Å². The highest BCUT2D eigenvalue weighted by molar-refractivity contribution is 6.00. The van der Waals surface area contributed by atoms with Gasteiger partial charge in [0, 0.05) is 7.05 Å². The zero-order valence-electron chi connectivity index (χ0n) is 5.40. The Bertz CT molecular complexity index is 168. The first-order valence-electron chi connectivity index (χ1n) is 2.45. The number of hydrogen-bond acceptors (Lipinski definition) is 5. The maximum atomic E-state index is 10.3.